The molecule has 252 valence electrons. The number of nitrogens with zero attached hydrogens (tertiary/aromatic N) is 1. The van der Waals surface area contributed by atoms with E-state index < -0.39 is 0 Å². The Morgan fingerprint density at radius 3 is 1.73 bits per heavy atom. The van der Waals surface area contributed by atoms with Gasteiger partial charge in [0, 0.05) is 22.4 Å². The molecule has 0 unspecified atom stereocenters. The number of benzene rings is 6. The van der Waals surface area contributed by atoms with Crippen LogP contribution in [0.4, 0.5) is 17.1 Å². The zero-order chi connectivity index (χ0) is 34.3. The molecule has 51 heavy (non-hydrogen) atoms. The van der Waals surface area contributed by atoms with E-state index in [0.29, 0.717) is 5.41 Å². The maximum absolute atomic E-state index is 2.53. The summed E-state index contributed by atoms with van der Waals surface area (Å²) in [5, 5.41) is 0. The van der Waals surface area contributed by atoms with E-state index in [1.165, 1.54) is 106 Å². The molecule has 5 aliphatic rings. The Kier molecular flexibility index (Phi) is 7.01. The molecular weight excluding hydrogens is 615 g/mol. The van der Waals surface area contributed by atoms with E-state index in [1.807, 2.05) is 0 Å². The Morgan fingerprint density at radius 1 is 0.490 bits per heavy atom. The quantitative estimate of drug-likeness (QED) is 0.172. The van der Waals surface area contributed by atoms with Crippen molar-refractivity contribution in [2.45, 2.75) is 70.1 Å². The first-order valence-corrected chi connectivity index (χ1v) is 19.3. The van der Waals surface area contributed by atoms with Crippen molar-refractivity contribution in [1.82, 2.24) is 0 Å². The zero-order valence-corrected chi connectivity index (χ0v) is 30.2. The van der Waals surface area contributed by atoms with Crippen molar-refractivity contribution in [2.75, 3.05) is 4.90 Å². The molecule has 0 amide bonds. The maximum atomic E-state index is 2.53. The minimum Gasteiger partial charge on any atom is -0.310 e. The van der Waals surface area contributed by atoms with Crippen LogP contribution >= 0.6 is 0 Å². The highest BCUT2D eigenvalue weighted by Crippen LogP contribution is 2.61. The average Bonchev–Trinajstić information content (AvgIpc) is 3.37. The van der Waals surface area contributed by atoms with Gasteiger partial charge in [-0.25, -0.2) is 0 Å². The second kappa shape index (κ2) is 11.6. The third kappa shape index (κ3) is 4.95. The monoisotopic (exact) mass is 661 g/mol. The lowest BCUT2D eigenvalue weighted by atomic mass is 9.48. The summed E-state index contributed by atoms with van der Waals surface area (Å²) in [5.41, 5.74) is 17.4. The van der Waals surface area contributed by atoms with Crippen molar-refractivity contribution in [3.63, 3.8) is 0 Å². The van der Waals surface area contributed by atoms with Crippen LogP contribution in [0.1, 0.15) is 74.6 Å². The van der Waals surface area contributed by atoms with Crippen LogP contribution in [0.5, 0.6) is 0 Å². The molecular formula is C50H47N. The van der Waals surface area contributed by atoms with E-state index in [-0.39, 0.29) is 5.41 Å². The highest BCUT2D eigenvalue weighted by atomic mass is 15.1. The van der Waals surface area contributed by atoms with Gasteiger partial charge in [-0.1, -0.05) is 129 Å². The zero-order valence-electron chi connectivity index (χ0n) is 30.2. The van der Waals surface area contributed by atoms with Gasteiger partial charge in [-0.15, -0.1) is 0 Å². The Balaban J connectivity index is 1.14. The molecule has 1 nitrogen and oxygen atoms in total. The van der Waals surface area contributed by atoms with Gasteiger partial charge in [-0.2, -0.15) is 0 Å². The predicted molar refractivity (Wildman–Crippen MR) is 214 cm³/mol. The van der Waals surface area contributed by atoms with Gasteiger partial charge in [0.25, 0.3) is 0 Å². The molecule has 4 fully saturated rings. The summed E-state index contributed by atoms with van der Waals surface area (Å²) < 4.78 is 0. The topological polar surface area (TPSA) is 3.24 Å². The number of hydrogen-bond donors (Lipinski definition) is 0. The fourth-order valence-corrected chi connectivity index (χ4v) is 11.3. The first kappa shape index (κ1) is 30.9. The van der Waals surface area contributed by atoms with Crippen LogP contribution in [0.2, 0.25) is 0 Å². The molecule has 0 heterocycles. The summed E-state index contributed by atoms with van der Waals surface area (Å²) in [6.45, 7) is 7.01. The molecule has 0 spiro atoms. The lowest BCUT2D eigenvalue weighted by Gasteiger charge is -2.57. The van der Waals surface area contributed by atoms with Crippen LogP contribution in [-0.2, 0) is 10.8 Å². The fourth-order valence-electron chi connectivity index (χ4n) is 11.3. The van der Waals surface area contributed by atoms with Gasteiger partial charge in [0.15, 0.2) is 0 Å². The summed E-state index contributed by atoms with van der Waals surface area (Å²) in [7, 11) is 0. The summed E-state index contributed by atoms with van der Waals surface area (Å²) in [4.78, 5) is 2.53. The van der Waals surface area contributed by atoms with E-state index in [4.69, 9.17) is 0 Å². The average molecular weight is 662 g/mol. The lowest BCUT2D eigenvalue weighted by molar-refractivity contribution is -0.00518. The molecule has 0 saturated heterocycles. The molecule has 6 aromatic rings. The second-order valence-corrected chi connectivity index (χ2v) is 16.9. The molecule has 5 aliphatic carbocycles. The molecule has 0 radical (unpaired) electrons. The fraction of sp³-hybridized carbons (Fsp3) is 0.280. The standard InChI is InChI=1S/C50H47N/c1-33-17-23-43-44-24-22-40(29-47(44)49(2,3)46(43)25-33)51(39-20-18-38(19-21-39)50-30-34-26-35(31-50)28-36(27-34)32-50)48-16-10-9-15-45(48)42-14-8-7-13-41(42)37-11-5-4-6-12-37/h4-25,29,34-36H,26-28,30-32H2,1-3H3. The van der Waals surface area contributed by atoms with Crippen LogP contribution in [-0.4, -0.2) is 0 Å². The van der Waals surface area contributed by atoms with Gasteiger partial charge in [0.1, 0.15) is 0 Å². The summed E-state index contributed by atoms with van der Waals surface area (Å²) in [6, 6.07) is 52.9. The van der Waals surface area contributed by atoms with Crippen LogP contribution in [0.15, 0.2) is 140 Å². The molecule has 0 N–H and O–H groups in total. The lowest BCUT2D eigenvalue weighted by Crippen LogP contribution is -2.48. The third-order valence-electron chi connectivity index (χ3n) is 13.3. The molecule has 4 saturated carbocycles. The Labute approximate surface area is 304 Å². The number of anilines is 3. The van der Waals surface area contributed by atoms with Crippen molar-refractivity contribution in [3.05, 3.63) is 162 Å². The smallest absolute Gasteiger partial charge is 0.0540 e. The normalized spacial score (nSPS) is 23.5. The van der Waals surface area contributed by atoms with Crippen molar-refractivity contribution in [3.8, 4) is 33.4 Å². The van der Waals surface area contributed by atoms with E-state index in [9.17, 15) is 0 Å². The molecule has 6 aromatic carbocycles. The van der Waals surface area contributed by atoms with Crippen LogP contribution < -0.4 is 4.90 Å². The Bertz CT molecular complexity index is 2240. The van der Waals surface area contributed by atoms with Crippen molar-refractivity contribution < 1.29 is 0 Å². The Hall–Kier alpha value is -4.88. The minimum atomic E-state index is -0.0832. The number of rotatable bonds is 6. The van der Waals surface area contributed by atoms with Crippen molar-refractivity contribution in [2.24, 2.45) is 17.8 Å². The molecule has 4 bridgehead atoms. The second-order valence-electron chi connectivity index (χ2n) is 16.9. The van der Waals surface area contributed by atoms with E-state index in [2.05, 4.69) is 165 Å². The molecule has 0 atom stereocenters. The van der Waals surface area contributed by atoms with E-state index in [0.717, 1.165) is 17.8 Å². The summed E-state index contributed by atoms with van der Waals surface area (Å²) in [6.07, 6.45) is 8.60. The van der Waals surface area contributed by atoms with Crippen molar-refractivity contribution in [1.29, 1.82) is 0 Å². The van der Waals surface area contributed by atoms with Crippen molar-refractivity contribution >= 4 is 17.1 Å². The van der Waals surface area contributed by atoms with Gasteiger partial charge >= 0.3 is 0 Å². The largest absolute Gasteiger partial charge is 0.310 e. The van der Waals surface area contributed by atoms with Crippen LogP contribution in [0.25, 0.3) is 33.4 Å². The van der Waals surface area contributed by atoms with E-state index >= 15 is 0 Å². The molecule has 1 heteroatoms. The highest BCUT2D eigenvalue weighted by Gasteiger charge is 2.51. The first-order chi connectivity index (χ1) is 24.9. The number of fused-ring (bicyclic) bond motifs is 3. The summed E-state index contributed by atoms with van der Waals surface area (Å²) in [5.74, 6) is 2.81. The van der Waals surface area contributed by atoms with Crippen LogP contribution in [0, 0.1) is 24.7 Å². The predicted octanol–water partition coefficient (Wildman–Crippen LogP) is 13.6. The molecule has 0 aromatic heterocycles. The number of para-hydroxylation sites is 1. The van der Waals surface area contributed by atoms with Gasteiger partial charge < -0.3 is 4.90 Å². The number of aryl methyl sites for hydroxylation is 1. The Morgan fingerprint density at radius 2 is 1.04 bits per heavy atom. The van der Waals surface area contributed by atoms with Gasteiger partial charge in [-0.3, -0.25) is 0 Å². The minimum absolute atomic E-state index is 0.0832. The van der Waals surface area contributed by atoms with Crippen LogP contribution in [0.3, 0.4) is 0 Å². The first-order valence-electron chi connectivity index (χ1n) is 19.3. The maximum Gasteiger partial charge on any atom is 0.0540 e. The SMILES string of the molecule is Cc1ccc2c(c1)C(C)(C)c1cc(N(c3ccc(C45CC6CC(CC(C6)C4)C5)cc3)c3ccccc3-c3ccccc3-c3ccccc3)ccc1-2. The highest BCUT2D eigenvalue weighted by molar-refractivity contribution is 5.94. The van der Waals surface area contributed by atoms with Gasteiger partial charge in [0.2, 0.25) is 0 Å². The molecule has 11 rings (SSSR count). The summed E-state index contributed by atoms with van der Waals surface area (Å²) >= 11 is 0. The number of hydrogen-bond acceptors (Lipinski definition) is 1. The van der Waals surface area contributed by atoms with E-state index in [1.54, 1.807) is 5.56 Å². The van der Waals surface area contributed by atoms with Gasteiger partial charge in [-0.05, 0) is 143 Å². The van der Waals surface area contributed by atoms with Gasteiger partial charge in [0.05, 0.1) is 5.69 Å². The third-order valence-corrected chi connectivity index (χ3v) is 13.3. The molecule has 0 aliphatic heterocycles.